The minimum Gasteiger partial charge on any atom is -0.490 e. The summed E-state index contributed by atoms with van der Waals surface area (Å²) in [6.45, 7) is 4.08. The Kier molecular flexibility index (Phi) is 4.33. The van der Waals surface area contributed by atoms with Crippen molar-refractivity contribution in [3.8, 4) is 17.1 Å². The van der Waals surface area contributed by atoms with Gasteiger partial charge in [0.2, 0.25) is 4.96 Å². The molecular formula is C20H15N3O2S. The van der Waals surface area contributed by atoms with Gasteiger partial charge in [0, 0.05) is 5.56 Å². The fourth-order valence-electron chi connectivity index (χ4n) is 2.51. The van der Waals surface area contributed by atoms with Crippen molar-refractivity contribution in [3.63, 3.8) is 0 Å². The molecule has 0 bridgehead atoms. The van der Waals surface area contributed by atoms with Crippen LogP contribution >= 0.6 is 11.3 Å². The Morgan fingerprint density at radius 2 is 1.88 bits per heavy atom. The Morgan fingerprint density at radius 1 is 1.12 bits per heavy atom. The van der Waals surface area contributed by atoms with Crippen LogP contribution in [0.3, 0.4) is 0 Å². The van der Waals surface area contributed by atoms with Crippen LogP contribution in [-0.2, 0) is 0 Å². The van der Waals surface area contributed by atoms with Gasteiger partial charge < -0.3 is 4.74 Å². The molecule has 0 spiro atoms. The van der Waals surface area contributed by atoms with Gasteiger partial charge in [-0.3, -0.25) is 4.79 Å². The van der Waals surface area contributed by atoms with E-state index < -0.39 is 0 Å². The Morgan fingerprint density at radius 3 is 2.58 bits per heavy atom. The van der Waals surface area contributed by atoms with Crippen molar-refractivity contribution >= 4 is 22.4 Å². The van der Waals surface area contributed by atoms with Crippen LogP contribution in [0.1, 0.15) is 5.56 Å². The lowest BCUT2D eigenvalue weighted by Gasteiger charge is -2.02. The van der Waals surface area contributed by atoms with Crippen molar-refractivity contribution in [2.75, 3.05) is 6.61 Å². The molecule has 0 saturated carbocycles. The van der Waals surface area contributed by atoms with Crippen molar-refractivity contribution in [2.45, 2.75) is 0 Å². The molecule has 0 aliphatic rings. The summed E-state index contributed by atoms with van der Waals surface area (Å²) >= 11 is 1.33. The third kappa shape index (κ3) is 3.14. The number of hydrogen-bond acceptors (Lipinski definition) is 5. The van der Waals surface area contributed by atoms with E-state index in [1.165, 1.54) is 15.9 Å². The Bertz CT molecular complexity index is 1160. The van der Waals surface area contributed by atoms with Gasteiger partial charge in [0.05, 0.1) is 4.53 Å². The number of rotatable bonds is 5. The molecule has 2 aromatic carbocycles. The number of thiazole rings is 1. The summed E-state index contributed by atoms with van der Waals surface area (Å²) in [6.07, 6.45) is 3.53. The summed E-state index contributed by atoms with van der Waals surface area (Å²) in [4.78, 5) is 17.7. The summed E-state index contributed by atoms with van der Waals surface area (Å²) < 4.78 is 7.42. The van der Waals surface area contributed by atoms with Gasteiger partial charge in [0.15, 0.2) is 5.82 Å². The standard InChI is InChI=1S/C20H15N3O2S/c1-2-12-25-16-10-8-14(9-11-16)13-17-19(24)23-20(26-17)21-18(22-23)15-6-4-3-5-7-15/h2-11,13H,1,12H2. The van der Waals surface area contributed by atoms with E-state index in [1.807, 2.05) is 60.7 Å². The van der Waals surface area contributed by atoms with Gasteiger partial charge in [-0.05, 0) is 23.8 Å². The Balaban J connectivity index is 1.68. The van der Waals surface area contributed by atoms with Crippen molar-refractivity contribution in [2.24, 2.45) is 0 Å². The molecule has 5 nitrogen and oxygen atoms in total. The molecule has 128 valence electrons. The zero-order chi connectivity index (χ0) is 17.9. The Hall–Kier alpha value is -3.25. The van der Waals surface area contributed by atoms with Crippen molar-refractivity contribution < 1.29 is 4.74 Å². The zero-order valence-corrected chi connectivity index (χ0v) is 14.6. The molecule has 0 atom stereocenters. The highest BCUT2D eigenvalue weighted by molar-refractivity contribution is 7.15. The number of benzene rings is 2. The van der Waals surface area contributed by atoms with Gasteiger partial charge in [0.1, 0.15) is 12.4 Å². The summed E-state index contributed by atoms with van der Waals surface area (Å²) in [6, 6.07) is 17.2. The van der Waals surface area contributed by atoms with Crippen LogP contribution in [-0.4, -0.2) is 21.2 Å². The second-order valence-electron chi connectivity index (χ2n) is 5.58. The molecule has 0 fully saturated rings. The lowest BCUT2D eigenvalue weighted by molar-refractivity contribution is 0.363. The molecule has 4 aromatic rings. The maximum absolute atomic E-state index is 12.6. The first-order chi connectivity index (χ1) is 12.7. The van der Waals surface area contributed by atoms with Gasteiger partial charge in [0.25, 0.3) is 5.56 Å². The number of aromatic nitrogens is 3. The first-order valence-electron chi connectivity index (χ1n) is 8.05. The fourth-order valence-corrected chi connectivity index (χ4v) is 3.42. The van der Waals surface area contributed by atoms with E-state index in [-0.39, 0.29) is 5.56 Å². The minimum absolute atomic E-state index is 0.160. The maximum Gasteiger partial charge on any atom is 0.291 e. The quantitative estimate of drug-likeness (QED) is 0.513. The first-order valence-corrected chi connectivity index (χ1v) is 8.87. The molecule has 2 aromatic heterocycles. The lowest BCUT2D eigenvalue weighted by atomic mass is 10.2. The molecule has 0 N–H and O–H groups in total. The third-order valence-electron chi connectivity index (χ3n) is 3.76. The first kappa shape index (κ1) is 16.2. The number of fused-ring (bicyclic) bond motifs is 1. The second kappa shape index (κ2) is 6.93. The molecular weight excluding hydrogens is 346 g/mol. The van der Waals surface area contributed by atoms with Gasteiger partial charge in [-0.1, -0.05) is 66.5 Å². The number of ether oxygens (including phenoxy) is 1. The van der Waals surface area contributed by atoms with Crippen molar-refractivity contribution in [1.29, 1.82) is 0 Å². The Labute approximate surface area is 153 Å². The molecule has 0 radical (unpaired) electrons. The van der Waals surface area contributed by atoms with Gasteiger partial charge in [-0.25, -0.2) is 0 Å². The fraction of sp³-hybridized carbons (Fsp3) is 0.0500. The highest BCUT2D eigenvalue weighted by Crippen LogP contribution is 2.16. The van der Waals surface area contributed by atoms with E-state index in [9.17, 15) is 4.79 Å². The number of nitrogens with zero attached hydrogens (tertiary/aromatic N) is 3. The molecule has 2 heterocycles. The van der Waals surface area contributed by atoms with Crippen LogP contribution in [0.5, 0.6) is 5.75 Å². The maximum atomic E-state index is 12.6. The molecule has 0 aliphatic heterocycles. The average molecular weight is 361 g/mol. The highest BCUT2D eigenvalue weighted by atomic mass is 32.1. The summed E-state index contributed by atoms with van der Waals surface area (Å²) in [5.41, 5.74) is 1.65. The van der Waals surface area contributed by atoms with Crippen LogP contribution in [0.4, 0.5) is 0 Å². The van der Waals surface area contributed by atoms with Crippen LogP contribution in [0, 0.1) is 0 Å². The predicted octanol–water partition coefficient (Wildman–Crippen LogP) is 2.93. The molecule has 0 aliphatic carbocycles. The molecule has 26 heavy (non-hydrogen) atoms. The van der Waals surface area contributed by atoms with Crippen LogP contribution in [0.2, 0.25) is 0 Å². The van der Waals surface area contributed by atoms with Gasteiger partial charge in [-0.2, -0.15) is 9.50 Å². The monoisotopic (exact) mass is 361 g/mol. The average Bonchev–Trinajstić information content (AvgIpc) is 3.22. The largest absolute Gasteiger partial charge is 0.490 e. The minimum atomic E-state index is -0.160. The van der Waals surface area contributed by atoms with E-state index in [2.05, 4.69) is 16.7 Å². The van der Waals surface area contributed by atoms with Crippen molar-refractivity contribution in [3.05, 3.63) is 87.7 Å². The van der Waals surface area contributed by atoms with E-state index in [1.54, 1.807) is 6.08 Å². The van der Waals surface area contributed by atoms with Crippen LogP contribution < -0.4 is 14.8 Å². The number of hydrogen-bond donors (Lipinski definition) is 0. The van der Waals surface area contributed by atoms with E-state index in [0.29, 0.717) is 21.9 Å². The topological polar surface area (TPSA) is 56.5 Å². The van der Waals surface area contributed by atoms with Gasteiger partial charge >= 0.3 is 0 Å². The zero-order valence-electron chi connectivity index (χ0n) is 13.8. The third-order valence-corrected chi connectivity index (χ3v) is 4.72. The smallest absolute Gasteiger partial charge is 0.291 e. The lowest BCUT2D eigenvalue weighted by Crippen LogP contribution is -2.23. The van der Waals surface area contributed by atoms with Crippen LogP contribution in [0.25, 0.3) is 22.4 Å². The van der Waals surface area contributed by atoms with E-state index in [4.69, 9.17) is 4.74 Å². The van der Waals surface area contributed by atoms with Crippen molar-refractivity contribution in [1.82, 2.24) is 14.6 Å². The van der Waals surface area contributed by atoms with Crippen LogP contribution in [0.15, 0.2) is 72.0 Å². The molecule has 4 rings (SSSR count). The van der Waals surface area contributed by atoms with E-state index >= 15 is 0 Å². The summed E-state index contributed by atoms with van der Waals surface area (Å²) in [5.74, 6) is 1.32. The second-order valence-corrected chi connectivity index (χ2v) is 6.59. The highest BCUT2D eigenvalue weighted by Gasteiger charge is 2.11. The van der Waals surface area contributed by atoms with E-state index in [0.717, 1.165) is 16.9 Å². The molecule has 6 heteroatoms. The summed E-state index contributed by atoms with van der Waals surface area (Å²) in [5, 5.41) is 4.35. The SMILES string of the molecule is C=CCOc1ccc(C=c2sc3nc(-c4ccccc4)nn3c2=O)cc1. The van der Waals surface area contributed by atoms with Gasteiger partial charge in [-0.15, -0.1) is 5.10 Å². The molecule has 0 amide bonds. The molecule has 0 unspecified atom stereocenters. The summed E-state index contributed by atoms with van der Waals surface area (Å²) in [7, 11) is 0. The normalized spacial score (nSPS) is 11.8. The predicted molar refractivity (Wildman–Crippen MR) is 103 cm³/mol. The molecule has 0 saturated heterocycles.